The highest BCUT2D eigenvalue weighted by Gasteiger charge is 2.39. The van der Waals surface area contributed by atoms with Crippen molar-refractivity contribution in [2.75, 3.05) is 37.6 Å². The highest BCUT2D eigenvalue weighted by atomic mass is 35.5. The van der Waals surface area contributed by atoms with E-state index in [-0.39, 0.29) is 18.5 Å². The number of amides is 2. The lowest BCUT2D eigenvalue weighted by molar-refractivity contribution is -0.141. The van der Waals surface area contributed by atoms with E-state index in [1.807, 2.05) is 56.3 Å². The molecule has 198 valence electrons. The van der Waals surface area contributed by atoms with Gasteiger partial charge in [0.25, 0.3) is 0 Å². The summed E-state index contributed by atoms with van der Waals surface area (Å²) in [6.07, 6.45) is 7.76. The Kier molecular flexibility index (Phi) is 6.29. The molecule has 3 aromatic rings. The normalized spacial score (nSPS) is 17.7. The topological polar surface area (TPSA) is 101 Å². The van der Waals surface area contributed by atoms with Crippen molar-refractivity contribution in [2.45, 2.75) is 58.7 Å². The maximum absolute atomic E-state index is 13.3. The predicted molar refractivity (Wildman–Crippen MR) is 140 cm³/mol. The number of imidazole rings is 1. The van der Waals surface area contributed by atoms with Crippen LogP contribution in [-0.4, -0.2) is 89.8 Å². The highest BCUT2D eigenvalue weighted by molar-refractivity contribution is 6.29. The highest BCUT2D eigenvalue weighted by Crippen LogP contribution is 2.29. The van der Waals surface area contributed by atoms with Crippen molar-refractivity contribution in [1.29, 1.82) is 0 Å². The van der Waals surface area contributed by atoms with Gasteiger partial charge in [-0.2, -0.15) is 5.10 Å². The fourth-order valence-corrected chi connectivity index (χ4v) is 4.91. The van der Waals surface area contributed by atoms with Crippen molar-refractivity contribution >= 4 is 35.1 Å². The third-order valence-electron chi connectivity index (χ3n) is 6.67. The number of halogens is 1. The summed E-state index contributed by atoms with van der Waals surface area (Å²) >= 11 is 6.37. The van der Waals surface area contributed by atoms with E-state index in [0.29, 0.717) is 30.5 Å². The molecule has 5 heterocycles. The summed E-state index contributed by atoms with van der Waals surface area (Å²) in [6, 6.07) is 0. The third-order valence-corrected chi connectivity index (χ3v) is 6.95. The number of ether oxygens (including phenoxy) is 1. The summed E-state index contributed by atoms with van der Waals surface area (Å²) in [6.45, 7) is 12.6. The van der Waals surface area contributed by atoms with Gasteiger partial charge in [0.1, 0.15) is 17.3 Å². The molecule has 0 spiro atoms. The number of carbonyl (C=O) groups is 2. The second-order valence-electron chi connectivity index (χ2n) is 11.3. The van der Waals surface area contributed by atoms with E-state index in [4.69, 9.17) is 21.3 Å². The molecule has 0 N–H and O–H groups in total. The van der Waals surface area contributed by atoms with Gasteiger partial charge in [-0.1, -0.05) is 11.6 Å². The molecule has 2 fully saturated rings. The number of hydrogen-bond acceptors (Lipinski definition) is 7. The maximum atomic E-state index is 13.3. The molecular formula is C25H33ClN8O3. The number of piperazine rings is 1. The molecule has 11 nitrogen and oxygen atoms in total. The van der Waals surface area contributed by atoms with Gasteiger partial charge in [-0.3, -0.25) is 13.9 Å². The van der Waals surface area contributed by atoms with Gasteiger partial charge in [0.2, 0.25) is 5.91 Å². The summed E-state index contributed by atoms with van der Waals surface area (Å²) < 4.78 is 8.97. The minimum atomic E-state index is -0.565. The first-order valence-corrected chi connectivity index (χ1v) is 12.9. The van der Waals surface area contributed by atoms with Gasteiger partial charge in [0.15, 0.2) is 11.5 Å². The lowest BCUT2D eigenvalue weighted by Gasteiger charge is -2.47. The van der Waals surface area contributed by atoms with E-state index < -0.39 is 11.1 Å². The van der Waals surface area contributed by atoms with E-state index in [1.165, 1.54) is 0 Å². The minimum absolute atomic E-state index is 0.0641. The van der Waals surface area contributed by atoms with Gasteiger partial charge >= 0.3 is 6.09 Å². The zero-order valence-corrected chi connectivity index (χ0v) is 22.7. The average Bonchev–Trinajstić information content (AvgIpc) is 3.37. The van der Waals surface area contributed by atoms with E-state index in [2.05, 4.69) is 15.0 Å². The van der Waals surface area contributed by atoms with Crippen LogP contribution >= 0.6 is 11.6 Å². The molecule has 0 aromatic carbocycles. The van der Waals surface area contributed by atoms with Crippen LogP contribution in [0.2, 0.25) is 5.15 Å². The number of rotatable bonds is 4. The number of hydrogen-bond donors (Lipinski definition) is 0. The summed E-state index contributed by atoms with van der Waals surface area (Å²) in [5, 5.41) is 4.94. The van der Waals surface area contributed by atoms with E-state index in [0.717, 1.165) is 36.5 Å². The molecule has 0 unspecified atom stereocenters. The number of aromatic nitrogens is 5. The Morgan fingerprint density at radius 2 is 1.86 bits per heavy atom. The molecular weight excluding hydrogens is 496 g/mol. The Morgan fingerprint density at radius 1 is 1.11 bits per heavy atom. The Bertz CT molecular complexity index is 1340. The van der Waals surface area contributed by atoms with Gasteiger partial charge < -0.3 is 19.4 Å². The molecule has 0 bridgehead atoms. The number of fused-ring (bicyclic) bond motifs is 1. The van der Waals surface area contributed by atoms with Crippen LogP contribution in [-0.2, 0) is 16.1 Å². The Morgan fingerprint density at radius 3 is 2.51 bits per heavy atom. The molecule has 0 aliphatic carbocycles. The second-order valence-corrected chi connectivity index (χ2v) is 11.6. The molecule has 2 amide bonds. The quantitative estimate of drug-likeness (QED) is 0.512. The Labute approximate surface area is 220 Å². The SMILES string of the molecule is CC(C)(C)OC(=O)N1CCN(C(=O)Cn2cc(-c3cn4c(Cl)cnc4c(N4CCC4)n3)cn2)C(C)(C)C1. The molecule has 2 aliphatic heterocycles. The first-order chi connectivity index (χ1) is 17.4. The van der Waals surface area contributed by atoms with Gasteiger partial charge in [-0.05, 0) is 41.0 Å². The zero-order chi connectivity index (χ0) is 26.5. The summed E-state index contributed by atoms with van der Waals surface area (Å²) in [5.74, 6) is 0.731. The van der Waals surface area contributed by atoms with Crippen molar-refractivity contribution in [1.82, 2.24) is 33.9 Å². The van der Waals surface area contributed by atoms with E-state index in [9.17, 15) is 9.59 Å². The maximum Gasteiger partial charge on any atom is 0.410 e. The fraction of sp³-hybridized carbons (Fsp3) is 0.560. The molecule has 0 radical (unpaired) electrons. The van der Waals surface area contributed by atoms with Crippen molar-refractivity contribution < 1.29 is 14.3 Å². The zero-order valence-electron chi connectivity index (χ0n) is 21.9. The number of carbonyl (C=O) groups excluding carboxylic acids is 2. The van der Waals surface area contributed by atoms with Crippen molar-refractivity contribution in [3.05, 3.63) is 29.9 Å². The van der Waals surface area contributed by atoms with Crippen molar-refractivity contribution in [2.24, 2.45) is 0 Å². The average molecular weight is 529 g/mol. The van der Waals surface area contributed by atoms with Gasteiger partial charge in [-0.15, -0.1) is 0 Å². The lowest BCUT2D eigenvalue weighted by atomic mass is 9.99. The molecule has 12 heteroatoms. The summed E-state index contributed by atoms with van der Waals surface area (Å²) in [4.78, 5) is 40.8. The molecule has 0 saturated carbocycles. The molecule has 2 aliphatic rings. The number of anilines is 1. The fourth-order valence-electron chi connectivity index (χ4n) is 4.73. The molecule has 0 atom stereocenters. The minimum Gasteiger partial charge on any atom is -0.444 e. The van der Waals surface area contributed by atoms with Crippen LogP contribution in [0.5, 0.6) is 0 Å². The van der Waals surface area contributed by atoms with Crippen molar-refractivity contribution in [3.8, 4) is 11.3 Å². The lowest BCUT2D eigenvalue weighted by Crippen LogP contribution is -2.62. The van der Waals surface area contributed by atoms with Crippen LogP contribution in [0.3, 0.4) is 0 Å². The monoisotopic (exact) mass is 528 g/mol. The van der Waals surface area contributed by atoms with E-state index in [1.54, 1.807) is 22.0 Å². The number of nitrogens with zero attached hydrogens (tertiary/aromatic N) is 8. The van der Waals surface area contributed by atoms with E-state index >= 15 is 0 Å². The Balaban J connectivity index is 1.30. The van der Waals surface area contributed by atoms with Crippen LogP contribution < -0.4 is 4.90 Å². The van der Waals surface area contributed by atoms with Gasteiger partial charge in [0, 0.05) is 50.7 Å². The third kappa shape index (κ3) is 5.09. The van der Waals surface area contributed by atoms with Crippen LogP contribution in [0.1, 0.15) is 41.0 Å². The first kappa shape index (κ1) is 25.3. The van der Waals surface area contributed by atoms with Gasteiger partial charge in [-0.25, -0.2) is 14.8 Å². The summed E-state index contributed by atoms with van der Waals surface area (Å²) in [5.41, 5.74) is 1.11. The second kappa shape index (κ2) is 9.20. The molecule has 2 saturated heterocycles. The van der Waals surface area contributed by atoms with Crippen LogP contribution in [0.25, 0.3) is 16.9 Å². The summed E-state index contributed by atoms with van der Waals surface area (Å²) in [7, 11) is 0. The first-order valence-electron chi connectivity index (χ1n) is 12.5. The molecule has 5 rings (SSSR count). The standard InChI is InChI=1S/C25H33ClN8O3/c1-24(2,3)37-23(36)31-9-10-34(25(4,5)16-31)20(35)15-32-13-17(11-28-32)18-14-33-19(26)12-27-21(33)22(29-18)30-7-6-8-30/h11-14H,6-10,15-16H2,1-5H3. The van der Waals surface area contributed by atoms with Crippen molar-refractivity contribution in [3.63, 3.8) is 0 Å². The largest absolute Gasteiger partial charge is 0.444 e. The van der Waals surface area contributed by atoms with Crippen LogP contribution in [0.4, 0.5) is 10.6 Å². The molecule has 37 heavy (non-hydrogen) atoms. The Hall–Kier alpha value is -3.34. The van der Waals surface area contributed by atoms with Crippen LogP contribution in [0.15, 0.2) is 24.8 Å². The van der Waals surface area contributed by atoms with Crippen LogP contribution in [0, 0.1) is 0 Å². The predicted octanol–water partition coefficient (Wildman–Crippen LogP) is 3.31. The molecule has 3 aromatic heterocycles. The smallest absolute Gasteiger partial charge is 0.410 e. The van der Waals surface area contributed by atoms with Gasteiger partial charge in [0.05, 0.1) is 23.6 Å².